The molecular weight excluding hydrogens is 290 g/mol. The number of nitrogens with one attached hydrogen (secondary N) is 1. The molecule has 1 rings (SSSR count). The zero-order valence-electron chi connectivity index (χ0n) is 11.4. The average molecular weight is 314 g/mol. The number of aryl methyl sites for hydroxylation is 1. The molecular formula is C15H24BrNO. The van der Waals surface area contributed by atoms with Crippen LogP contribution in [0.5, 0.6) is 0 Å². The topological polar surface area (TPSA) is 32.3 Å². The lowest BCUT2D eigenvalue weighted by Gasteiger charge is -2.15. The van der Waals surface area contributed by atoms with Gasteiger partial charge in [0.2, 0.25) is 0 Å². The summed E-state index contributed by atoms with van der Waals surface area (Å²) in [7, 11) is 0. The van der Waals surface area contributed by atoms with Crippen LogP contribution < -0.4 is 5.32 Å². The van der Waals surface area contributed by atoms with Crippen molar-refractivity contribution < 1.29 is 5.11 Å². The first-order chi connectivity index (χ1) is 8.67. The van der Waals surface area contributed by atoms with Gasteiger partial charge in [-0.1, -0.05) is 41.4 Å². The van der Waals surface area contributed by atoms with Crippen LogP contribution in [0.15, 0.2) is 22.7 Å². The summed E-state index contributed by atoms with van der Waals surface area (Å²) < 4.78 is 1.17. The number of hydrogen-bond donors (Lipinski definition) is 2. The van der Waals surface area contributed by atoms with E-state index in [4.69, 9.17) is 5.11 Å². The molecule has 0 aliphatic rings. The zero-order chi connectivity index (χ0) is 13.4. The van der Waals surface area contributed by atoms with Gasteiger partial charge in [0.15, 0.2) is 0 Å². The molecule has 3 heteroatoms. The van der Waals surface area contributed by atoms with Crippen molar-refractivity contribution in [2.45, 2.75) is 39.7 Å². The molecule has 0 spiro atoms. The molecule has 102 valence electrons. The molecule has 0 saturated carbocycles. The van der Waals surface area contributed by atoms with E-state index >= 15 is 0 Å². The Labute approximate surface area is 119 Å². The number of rotatable bonds is 8. The number of halogens is 1. The summed E-state index contributed by atoms with van der Waals surface area (Å²) in [6.45, 7) is 6.47. The van der Waals surface area contributed by atoms with Crippen LogP contribution in [0.25, 0.3) is 0 Å². The van der Waals surface area contributed by atoms with Gasteiger partial charge in [-0.25, -0.2) is 0 Å². The second kappa shape index (κ2) is 8.68. The Bertz CT molecular complexity index is 348. The van der Waals surface area contributed by atoms with Crippen LogP contribution in [0.1, 0.15) is 37.3 Å². The normalized spacial score (nSPS) is 12.7. The summed E-state index contributed by atoms with van der Waals surface area (Å²) in [5, 5.41) is 12.5. The van der Waals surface area contributed by atoms with Crippen LogP contribution in [-0.2, 0) is 6.54 Å². The highest BCUT2D eigenvalue weighted by Gasteiger charge is 2.06. The Hall–Kier alpha value is -0.380. The number of aliphatic hydroxyl groups is 1. The van der Waals surface area contributed by atoms with Gasteiger partial charge in [-0.15, -0.1) is 0 Å². The molecule has 0 radical (unpaired) electrons. The highest BCUT2D eigenvalue weighted by atomic mass is 79.9. The van der Waals surface area contributed by atoms with Gasteiger partial charge < -0.3 is 10.4 Å². The van der Waals surface area contributed by atoms with Gasteiger partial charge >= 0.3 is 0 Å². The lowest BCUT2D eigenvalue weighted by atomic mass is 10.00. The zero-order valence-corrected chi connectivity index (χ0v) is 13.0. The average Bonchev–Trinajstić information content (AvgIpc) is 2.34. The number of hydrogen-bond acceptors (Lipinski definition) is 2. The van der Waals surface area contributed by atoms with Crippen LogP contribution in [-0.4, -0.2) is 18.3 Å². The van der Waals surface area contributed by atoms with E-state index < -0.39 is 0 Å². The largest absolute Gasteiger partial charge is 0.396 e. The van der Waals surface area contributed by atoms with Crippen molar-refractivity contribution in [2.24, 2.45) is 5.92 Å². The highest BCUT2D eigenvalue weighted by Crippen LogP contribution is 2.17. The number of benzene rings is 1. The molecule has 1 atom stereocenters. The van der Waals surface area contributed by atoms with E-state index in [9.17, 15) is 0 Å². The Balaban J connectivity index is 2.37. The van der Waals surface area contributed by atoms with Gasteiger partial charge in [-0.05, 0) is 49.4 Å². The lowest BCUT2D eigenvalue weighted by Crippen LogP contribution is -2.23. The monoisotopic (exact) mass is 313 g/mol. The summed E-state index contributed by atoms with van der Waals surface area (Å²) >= 11 is 3.56. The molecule has 2 N–H and O–H groups in total. The summed E-state index contributed by atoms with van der Waals surface area (Å²) in [6, 6.07) is 6.47. The summed E-state index contributed by atoms with van der Waals surface area (Å²) in [5.41, 5.74) is 2.56. The quantitative estimate of drug-likeness (QED) is 0.768. The lowest BCUT2D eigenvalue weighted by molar-refractivity contribution is 0.248. The molecule has 2 nitrogen and oxygen atoms in total. The molecule has 1 unspecified atom stereocenters. The van der Waals surface area contributed by atoms with Crippen LogP contribution >= 0.6 is 15.9 Å². The van der Waals surface area contributed by atoms with Crippen molar-refractivity contribution in [3.8, 4) is 0 Å². The predicted molar refractivity (Wildman–Crippen MR) is 80.7 cm³/mol. The van der Waals surface area contributed by atoms with Crippen molar-refractivity contribution in [3.63, 3.8) is 0 Å². The smallest absolute Gasteiger partial charge is 0.0434 e. The fourth-order valence-electron chi connectivity index (χ4n) is 2.11. The minimum atomic E-state index is 0.294. The molecule has 18 heavy (non-hydrogen) atoms. The van der Waals surface area contributed by atoms with Crippen molar-refractivity contribution in [2.75, 3.05) is 13.2 Å². The summed E-state index contributed by atoms with van der Waals surface area (Å²) in [5.74, 6) is 0.592. The molecule has 0 fully saturated rings. The molecule has 0 aliphatic heterocycles. The molecule has 0 amide bonds. The minimum absolute atomic E-state index is 0.294. The van der Waals surface area contributed by atoms with E-state index in [1.54, 1.807) is 0 Å². The number of aliphatic hydroxyl groups excluding tert-OH is 1. The molecule has 0 aliphatic carbocycles. The Morgan fingerprint density at radius 2 is 2.11 bits per heavy atom. The maximum atomic E-state index is 9.01. The third kappa shape index (κ3) is 5.51. The third-order valence-corrected chi connectivity index (χ3v) is 4.09. The third-order valence-electron chi connectivity index (χ3n) is 3.23. The SMILES string of the molecule is CCCC(CCO)CNCc1ccc(C)c(Br)c1. The Morgan fingerprint density at radius 3 is 2.72 bits per heavy atom. The van der Waals surface area contributed by atoms with E-state index in [-0.39, 0.29) is 0 Å². The van der Waals surface area contributed by atoms with Gasteiger partial charge in [0.1, 0.15) is 0 Å². The van der Waals surface area contributed by atoms with Gasteiger partial charge in [-0.2, -0.15) is 0 Å². The first-order valence-corrected chi connectivity index (χ1v) is 7.53. The summed E-state index contributed by atoms with van der Waals surface area (Å²) in [4.78, 5) is 0. The van der Waals surface area contributed by atoms with Gasteiger partial charge in [0, 0.05) is 17.6 Å². The van der Waals surface area contributed by atoms with Crippen molar-refractivity contribution in [3.05, 3.63) is 33.8 Å². The van der Waals surface area contributed by atoms with Gasteiger partial charge in [0.05, 0.1) is 0 Å². The van der Waals surface area contributed by atoms with Crippen molar-refractivity contribution in [1.82, 2.24) is 5.32 Å². The molecule has 1 aromatic carbocycles. The van der Waals surface area contributed by atoms with E-state index in [1.807, 2.05) is 0 Å². The summed E-state index contributed by atoms with van der Waals surface area (Å²) in [6.07, 6.45) is 3.27. The highest BCUT2D eigenvalue weighted by molar-refractivity contribution is 9.10. The van der Waals surface area contributed by atoms with Crippen LogP contribution in [0.4, 0.5) is 0 Å². The van der Waals surface area contributed by atoms with Gasteiger partial charge in [0.25, 0.3) is 0 Å². The maximum absolute atomic E-state index is 9.01. The van der Waals surface area contributed by atoms with E-state index in [1.165, 1.54) is 28.4 Å². The second-order valence-corrected chi connectivity index (χ2v) is 5.74. The van der Waals surface area contributed by atoms with Crippen molar-refractivity contribution in [1.29, 1.82) is 0 Å². The molecule has 0 bridgehead atoms. The first kappa shape index (κ1) is 15.7. The molecule has 0 heterocycles. The standard InChI is InChI=1S/C15H24BrNO/c1-3-4-13(7-8-18)10-17-11-14-6-5-12(2)15(16)9-14/h5-6,9,13,17-18H,3-4,7-8,10-11H2,1-2H3. The van der Waals surface area contributed by atoms with Gasteiger partial charge in [-0.3, -0.25) is 0 Å². The molecule has 0 aromatic heterocycles. The maximum Gasteiger partial charge on any atom is 0.0434 e. The fraction of sp³-hybridized carbons (Fsp3) is 0.600. The van der Waals surface area contributed by atoms with E-state index in [0.717, 1.165) is 19.5 Å². The Morgan fingerprint density at radius 1 is 1.33 bits per heavy atom. The van der Waals surface area contributed by atoms with E-state index in [2.05, 4.69) is 53.3 Å². The molecule has 0 saturated heterocycles. The van der Waals surface area contributed by atoms with Crippen LogP contribution in [0, 0.1) is 12.8 Å². The fourth-order valence-corrected chi connectivity index (χ4v) is 2.53. The minimum Gasteiger partial charge on any atom is -0.396 e. The van der Waals surface area contributed by atoms with E-state index in [0.29, 0.717) is 12.5 Å². The second-order valence-electron chi connectivity index (χ2n) is 4.88. The Kier molecular flexibility index (Phi) is 7.56. The predicted octanol–water partition coefficient (Wildman–Crippen LogP) is 3.65. The van der Waals surface area contributed by atoms with Crippen molar-refractivity contribution >= 4 is 15.9 Å². The molecule has 1 aromatic rings. The van der Waals surface area contributed by atoms with Crippen LogP contribution in [0.3, 0.4) is 0 Å². The first-order valence-electron chi connectivity index (χ1n) is 6.74. The van der Waals surface area contributed by atoms with Crippen LogP contribution in [0.2, 0.25) is 0 Å².